The summed E-state index contributed by atoms with van der Waals surface area (Å²) in [6.07, 6.45) is 4.42. The van der Waals surface area contributed by atoms with Crippen molar-refractivity contribution in [1.29, 1.82) is 0 Å². The number of hydrogen-bond donors (Lipinski definition) is 5. The topological polar surface area (TPSA) is 208 Å². The fourth-order valence-corrected chi connectivity index (χ4v) is 6.42. The van der Waals surface area contributed by atoms with E-state index in [2.05, 4.69) is 30.6 Å². The molecular formula is C29H49N4O11P. The van der Waals surface area contributed by atoms with Crippen molar-refractivity contribution < 1.29 is 43.1 Å². The summed E-state index contributed by atoms with van der Waals surface area (Å²) >= 11 is 0. The highest BCUT2D eigenvalue weighted by molar-refractivity contribution is 7.54. The van der Waals surface area contributed by atoms with Gasteiger partial charge >= 0.3 is 25.3 Å². The molecule has 0 spiro atoms. The summed E-state index contributed by atoms with van der Waals surface area (Å²) < 4.78 is 37.2. The molecule has 0 amide bonds. The van der Waals surface area contributed by atoms with Crippen molar-refractivity contribution in [3.63, 3.8) is 0 Å². The van der Waals surface area contributed by atoms with Gasteiger partial charge in [0.15, 0.2) is 6.23 Å². The molecule has 0 unspecified atom stereocenters. The number of aliphatic hydroxyl groups is 2. The zero-order valence-corrected chi connectivity index (χ0v) is 27.5. The minimum atomic E-state index is -4.34. The van der Waals surface area contributed by atoms with Crippen LogP contribution >= 0.6 is 7.67 Å². The molecule has 1 fully saturated rings. The number of unbranched alkanes of at least 4 members (excludes halogenated alkanes) is 6. The molecule has 6 atom stereocenters. The summed E-state index contributed by atoms with van der Waals surface area (Å²) in [7, 11) is -4.34. The van der Waals surface area contributed by atoms with Crippen LogP contribution in [-0.4, -0.2) is 81.4 Å². The van der Waals surface area contributed by atoms with Gasteiger partial charge in [-0.05, 0) is 26.7 Å². The van der Waals surface area contributed by atoms with Crippen molar-refractivity contribution in [1.82, 2.24) is 19.7 Å². The van der Waals surface area contributed by atoms with Crippen molar-refractivity contribution in [2.45, 2.75) is 115 Å². The zero-order valence-electron chi connectivity index (χ0n) is 26.6. The van der Waals surface area contributed by atoms with Crippen molar-refractivity contribution in [3.05, 3.63) is 45.8 Å². The Morgan fingerprint density at radius 2 is 1.58 bits per heavy atom. The largest absolute Gasteiger partial charge is 0.465 e. The van der Waals surface area contributed by atoms with Crippen LogP contribution in [0, 0.1) is 0 Å². The van der Waals surface area contributed by atoms with E-state index in [1.165, 1.54) is 13.8 Å². The highest BCUT2D eigenvalue weighted by atomic mass is 31.2. The Bertz CT molecular complexity index is 1230. The molecule has 0 saturated carbocycles. The molecule has 1 aromatic rings. The lowest BCUT2D eigenvalue weighted by atomic mass is 9.96. The number of aromatic nitrogens is 2. The van der Waals surface area contributed by atoms with E-state index < -0.39 is 73.6 Å². The minimum absolute atomic E-state index is 0.174. The van der Waals surface area contributed by atoms with Crippen molar-refractivity contribution in [3.8, 4) is 0 Å². The second-order valence-electron chi connectivity index (χ2n) is 11.1. The van der Waals surface area contributed by atoms with Crippen LogP contribution in [0.25, 0.3) is 0 Å². The van der Waals surface area contributed by atoms with Crippen molar-refractivity contribution in [2.24, 2.45) is 0 Å². The van der Waals surface area contributed by atoms with Crippen LogP contribution in [-0.2, 0) is 32.9 Å². The first kappa shape index (κ1) is 38.5. The number of carbonyl (C=O) groups is 2. The monoisotopic (exact) mass is 660 g/mol. The number of nitrogens with one attached hydrogen (secondary N) is 3. The maximum Gasteiger partial charge on any atom is 0.342 e. The Morgan fingerprint density at radius 1 is 1.04 bits per heavy atom. The summed E-state index contributed by atoms with van der Waals surface area (Å²) in [6, 6.07) is -1.27. The molecule has 1 saturated heterocycles. The van der Waals surface area contributed by atoms with Gasteiger partial charge in [0.2, 0.25) is 0 Å². The summed E-state index contributed by atoms with van der Waals surface area (Å²) in [4.78, 5) is 51.2. The molecule has 0 aromatic carbocycles. The van der Waals surface area contributed by atoms with Gasteiger partial charge in [0.1, 0.15) is 29.9 Å². The summed E-state index contributed by atoms with van der Waals surface area (Å²) in [5, 5.41) is 26.9. The van der Waals surface area contributed by atoms with Crippen LogP contribution in [0.5, 0.6) is 0 Å². The molecule has 2 heterocycles. The lowest BCUT2D eigenvalue weighted by molar-refractivity contribution is -0.145. The van der Waals surface area contributed by atoms with E-state index >= 15 is 0 Å². The molecule has 2 rings (SSSR count). The predicted molar refractivity (Wildman–Crippen MR) is 165 cm³/mol. The third kappa shape index (κ3) is 11.3. The molecule has 0 aliphatic carbocycles. The lowest BCUT2D eigenvalue weighted by Gasteiger charge is -2.32. The predicted octanol–water partition coefficient (Wildman–Crippen LogP) is 2.04. The van der Waals surface area contributed by atoms with E-state index in [9.17, 15) is 34.0 Å². The first-order valence-corrected chi connectivity index (χ1v) is 17.1. The molecule has 45 heavy (non-hydrogen) atoms. The number of ether oxygens (including phenoxy) is 3. The number of rotatable bonds is 21. The fraction of sp³-hybridized carbons (Fsp3) is 0.724. The number of carbonyl (C=O) groups excluding carboxylic acids is 2. The van der Waals surface area contributed by atoms with E-state index in [-0.39, 0.29) is 13.2 Å². The van der Waals surface area contributed by atoms with E-state index in [0.717, 1.165) is 61.4 Å². The smallest absolute Gasteiger partial charge is 0.342 e. The standard InChI is InChI=1S/C29H49N4O11P/c1-6-9-11-13-17-41-26(37)20(4)31-45(40,32-21(5)27(38)42-18-14-12-10-7-2)43-19-29(8-3)24(36)23(35)25(44-29)33-16-15-22(34)30-28(33)39/h8,15-16,20-21,23-25,35-36H,3,6-7,9-14,17-19H2,1-2,4-5H3,(H,30,34,39)(H2,31,32,40)/t20-,21-,23+,24-,25+,29+/m0/s1. The molecule has 1 aliphatic heterocycles. The Kier molecular flexibility index (Phi) is 15.8. The highest BCUT2D eigenvalue weighted by Crippen LogP contribution is 2.44. The zero-order chi connectivity index (χ0) is 33.6. The molecule has 16 heteroatoms. The first-order chi connectivity index (χ1) is 21.3. The molecule has 0 bridgehead atoms. The number of esters is 2. The van der Waals surface area contributed by atoms with Gasteiger partial charge in [0.25, 0.3) is 5.56 Å². The van der Waals surface area contributed by atoms with Gasteiger partial charge in [-0.3, -0.25) is 28.5 Å². The van der Waals surface area contributed by atoms with Crippen molar-refractivity contribution >= 4 is 19.6 Å². The van der Waals surface area contributed by atoms with Crippen LogP contribution in [0.1, 0.15) is 85.3 Å². The first-order valence-electron chi connectivity index (χ1n) is 15.5. The molecule has 0 radical (unpaired) electrons. The normalized spacial score (nSPS) is 22.9. The Morgan fingerprint density at radius 3 is 2.04 bits per heavy atom. The van der Waals surface area contributed by atoms with E-state index in [1.54, 1.807) is 0 Å². The Balaban J connectivity index is 2.22. The maximum absolute atomic E-state index is 14.1. The van der Waals surface area contributed by atoms with Gasteiger partial charge in [-0.1, -0.05) is 58.4 Å². The maximum atomic E-state index is 14.1. The van der Waals surface area contributed by atoms with Crippen LogP contribution in [0.3, 0.4) is 0 Å². The van der Waals surface area contributed by atoms with Crippen molar-refractivity contribution in [2.75, 3.05) is 19.8 Å². The summed E-state index contributed by atoms with van der Waals surface area (Å²) in [6.45, 7) is 10.2. The summed E-state index contributed by atoms with van der Waals surface area (Å²) in [5.41, 5.74) is -3.49. The average molecular weight is 661 g/mol. The Labute approximate surface area is 263 Å². The lowest BCUT2D eigenvalue weighted by Crippen LogP contribution is -2.47. The van der Waals surface area contributed by atoms with Gasteiger partial charge in [0.05, 0.1) is 19.8 Å². The number of nitrogens with zero attached hydrogens (tertiary/aromatic N) is 1. The number of aromatic amines is 1. The third-order valence-corrected chi connectivity index (χ3v) is 9.27. The summed E-state index contributed by atoms with van der Waals surface area (Å²) in [5.74, 6) is -1.40. The Hall–Kier alpha value is -2.65. The quantitative estimate of drug-likeness (QED) is 0.0554. The highest BCUT2D eigenvalue weighted by Gasteiger charge is 2.54. The van der Waals surface area contributed by atoms with Gasteiger partial charge in [-0.15, -0.1) is 6.58 Å². The number of aliphatic hydroxyl groups excluding tert-OH is 2. The van der Waals surface area contributed by atoms with Gasteiger partial charge in [-0.25, -0.2) is 15.0 Å². The minimum Gasteiger partial charge on any atom is -0.465 e. The van der Waals surface area contributed by atoms with E-state index in [4.69, 9.17) is 18.7 Å². The fourth-order valence-electron chi connectivity index (χ4n) is 4.58. The van der Waals surface area contributed by atoms with Gasteiger partial charge < -0.3 is 28.9 Å². The SMILES string of the molecule is C=C[C@]1(COP(=O)(N[C@@H](C)C(=O)OCCCCCC)N[C@@H](C)C(=O)OCCCCCC)O[C@@H](n2ccc(=O)[nH]c2=O)[C@H](O)[C@@H]1O. The van der Waals surface area contributed by atoms with Crippen LogP contribution in [0.15, 0.2) is 34.5 Å². The van der Waals surface area contributed by atoms with E-state index in [1.807, 2.05) is 4.98 Å². The molecule has 1 aliphatic rings. The second kappa shape index (κ2) is 18.5. The van der Waals surface area contributed by atoms with E-state index in [0.29, 0.717) is 12.8 Å². The molecule has 1 aromatic heterocycles. The third-order valence-electron chi connectivity index (χ3n) is 7.32. The van der Waals surface area contributed by atoms with Crippen LogP contribution < -0.4 is 21.4 Å². The number of hydrogen-bond acceptors (Lipinski definition) is 11. The molecule has 5 N–H and O–H groups in total. The second-order valence-corrected chi connectivity index (χ2v) is 13.0. The molecular weight excluding hydrogens is 611 g/mol. The molecule has 15 nitrogen and oxygen atoms in total. The molecule has 256 valence electrons. The van der Waals surface area contributed by atoms with Gasteiger partial charge in [-0.2, -0.15) is 0 Å². The van der Waals surface area contributed by atoms with Gasteiger partial charge in [0, 0.05) is 12.3 Å². The average Bonchev–Trinajstić information content (AvgIpc) is 3.25. The number of H-pyrrole nitrogens is 1. The van der Waals surface area contributed by atoms with Crippen LogP contribution in [0.2, 0.25) is 0 Å². The van der Waals surface area contributed by atoms with Crippen LogP contribution in [0.4, 0.5) is 0 Å².